The van der Waals surface area contributed by atoms with E-state index in [9.17, 15) is 8.78 Å². The van der Waals surface area contributed by atoms with E-state index in [-0.39, 0.29) is 5.72 Å². The SMILES string of the molecule is [2H]N([2H])CC(F)F. The molecule has 0 saturated carbocycles. The van der Waals surface area contributed by atoms with Crippen LogP contribution in [-0.4, -0.2) is 13.0 Å². The van der Waals surface area contributed by atoms with Crippen LogP contribution in [0.3, 0.4) is 0 Å². The summed E-state index contributed by atoms with van der Waals surface area (Å²) >= 11 is 0. The second kappa shape index (κ2) is 2.08. The fourth-order valence-electron chi connectivity index (χ4n) is 0. The lowest BCUT2D eigenvalue weighted by Crippen LogP contribution is -2.08. The number of nitrogens with two attached hydrogens (primary N) is 1. The van der Waals surface area contributed by atoms with Crippen molar-refractivity contribution in [1.29, 1.82) is 0 Å². The Kier molecular flexibility index (Phi) is 0.865. The summed E-state index contributed by atoms with van der Waals surface area (Å²) in [5, 5.41) is 0. The maximum Gasteiger partial charge on any atom is 0.250 e. The Bertz CT molecular complexity index is 43.0. The van der Waals surface area contributed by atoms with Crippen molar-refractivity contribution in [3.8, 4) is 0 Å². The molecular weight excluding hydrogens is 76.0 g/mol. The number of hydrogen-bond donors (Lipinski definition) is 1. The minimum absolute atomic E-state index is 0.0509. The Morgan fingerprint density at radius 3 is 2.60 bits per heavy atom. The number of alkyl halides is 2. The van der Waals surface area contributed by atoms with Gasteiger partial charge in [0.1, 0.15) is 2.82 Å². The third-order valence-electron chi connectivity index (χ3n) is 0.138. The van der Waals surface area contributed by atoms with Gasteiger partial charge < -0.3 is 5.72 Å². The molecule has 3 heteroatoms. The van der Waals surface area contributed by atoms with E-state index in [1.807, 2.05) is 0 Å². The van der Waals surface area contributed by atoms with Gasteiger partial charge in [-0.05, 0) is 0 Å². The van der Waals surface area contributed by atoms with Crippen LogP contribution in [0.15, 0.2) is 0 Å². The summed E-state index contributed by atoms with van der Waals surface area (Å²) in [5.74, 6) is 0. The zero-order valence-electron chi connectivity index (χ0n) is 4.49. The van der Waals surface area contributed by atoms with Crippen LogP contribution >= 0.6 is 0 Å². The Morgan fingerprint density at radius 2 is 2.60 bits per heavy atom. The van der Waals surface area contributed by atoms with Gasteiger partial charge in [-0.3, -0.25) is 0 Å². The van der Waals surface area contributed by atoms with E-state index in [0.29, 0.717) is 0 Å². The lowest BCUT2D eigenvalue weighted by atomic mass is 10.7. The van der Waals surface area contributed by atoms with Crippen molar-refractivity contribution in [3.05, 3.63) is 0 Å². The summed E-state index contributed by atoms with van der Waals surface area (Å²) < 4.78 is 34.3. The molecule has 1 nitrogen and oxygen atoms in total. The van der Waals surface area contributed by atoms with E-state index in [0.717, 1.165) is 0 Å². The van der Waals surface area contributed by atoms with Crippen molar-refractivity contribution in [2.75, 3.05) is 6.54 Å². The van der Waals surface area contributed by atoms with Crippen molar-refractivity contribution in [2.45, 2.75) is 6.43 Å². The molecule has 0 aliphatic carbocycles. The molecule has 0 amide bonds. The average molecular weight is 83.1 g/mol. The van der Waals surface area contributed by atoms with Gasteiger partial charge in [-0.2, -0.15) is 0 Å². The second-order valence-electron chi connectivity index (χ2n) is 0.574. The van der Waals surface area contributed by atoms with Crippen molar-refractivity contribution >= 4 is 0 Å². The molecule has 0 aliphatic rings. The summed E-state index contributed by atoms with van der Waals surface area (Å²) in [4.78, 5) is 0. The summed E-state index contributed by atoms with van der Waals surface area (Å²) in [6.45, 7) is -0.806. The van der Waals surface area contributed by atoms with Crippen molar-refractivity contribution in [2.24, 2.45) is 5.72 Å². The highest BCUT2D eigenvalue weighted by molar-refractivity contribution is 4.30. The number of halogens is 2. The van der Waals surface area contributed by atoms with Gasteiger partial charge in [-0.1, -0.05) is 0 Å². The third kappa shape index (κ3) is 3.82. The zero-order valence-corrected chi connectivity index (χ0v) is 2.49. The number of hydrogen-bond acceptors (Lipinski definition) is 1. The second-order valence-corrected chi connectivity index (χ2v) is 0.574. The smallest absolute Gasteiger partial charge is 0.250 e. The molecule has 0 atom stereocenters. The van der Waals surface area contributed by atoms with Gasteiger partial charge in [0.05, 0.1) is 6.54 Å². The van der Waals surface area contributed by atoms with Gasteiger partial charge in [0, 0.05) is 0 Å². The standard InChI is InChI=1S/C2H5F2N/c3-2(4)1-5/h2H,1,5H2/i/hD2. The molecule has 0 unspecified atom stereocenters. The van der Waals surface area contributed by atoms with Crippen LogP contribution in [0.4, 0.5) is 8.78 Å². The fraction of sp³-hybridized carbons (Fsp3) is 1.00. The molecule has 0 aromatic carbocycles. The van der Waals surface area contributed by atoms with E-state index in [1.54, 1.807) is 0 Å². The maximum atomic E-state index is 11.0. The summed E-state index contributed by atoms with van der Waals surface area (Å²) in [5.41, 5.74) is -0.0509. The Labute approximate surface area is 31.7 Å². The van der Waals surface area contributed by atoms with Gasteiger partial charge >= 0.3 is 0 Å². The summed E-state index contributed by atoms with van der Waals surface area (Å²) in [6.07, 6.45) is -2.57. The van der Waals surface area contributed by atoms with Crippen LogP contribution in [0.25, 0.3) is 0 Å². The van der Waals surface area contributed by atoms with Crippen LogP contribution in [0, 0.1) is 0 Å². The zero-order chi connectivity index (χ0) is 5.86. The number of rotatable bonds is 2. The molecule has 0 saturated heterocycles. The van der Waals surface area contributed by atoms with E-state index in [4.69, 9.17) is 2.82 Å². The van der Waals surface area contributed by atoms with Gasteiger partial charge in [-0.25, -0.2) is 8.78 Å². The molecule has 0 spiro atoms. The van der Waals surface area contributed by atoms with Crippen molar-refractivity contribution in [3.63, 3.8) is 0 Å². The first-order valence-corrected chi connectivity index (χ1v) is 1.16. The van der Waals surface area contributed by atoms with Gasteiger partial charge in [0.25, 0.3) is 6.43 Å². The predicted molar refractivity (Wildman–Crippen MR) is 15.1 cm³/mol. The Hall–Kier alpha value is -0.180. The summed E-state index contributed by atoms with van der Waals surface area (Å²) in [6, 6.07) is 0. The highest BCUT2D eigenvalue weighted by atomic mass is 19.3. The molecule has 0 heterocycles. The molecule has 0 aromatic rings. The monoisotopic (exact) mass is 83.1 g/mol. The Morgan fingerprint density at radius 1 is 2.00 bits per heavy atom. The molecular formula is C2H5F2N. The lowest BCUT2D eigenvalue weighted by Gasteiger charge is -1.82. The predicted octanol–water partition coefficient (Wildman–Crippen LogP) is 0.210. The first-order chi connectivity index (χ1) is 3.13. The van der Waals surface area contributed by atoms with E-state index >= 15 is 0 Å². The van der Waals surface area contributed by atoms with Gasteiger partial charge in [0.15, 0.2) is 0 Å². The first-order valence-electron chi connectivity index (χ1n) is 2.06. The van der Waals surface area contributed by atoms with E-state index < -0.39 is 13.0 Å². The van der Waals surface area contributed by atoms with Crippen LogP contribution < -0.4 is 5.72 Å². The van der Waals surface area contributed by atoms with Crippen LogP contribution in [0.2, 0.25) is 2.82 Å². The van der Waals surface area contributed by atoms with Crippen LogP contribution in [-0.2, 0) is 0 Å². The topological polar surface area (TPSA) is 26.0 Å². The maximum absolute atomic E-state index is 11.0. The average Bonchev–Trinajstić information content (AvgIpc) is 1.27. The fourth-order valence-corrected chi connectivity index (χ4v) is 0. The first kappa shape index (κ1) is 2.08. The van der Waals surface area contributed by atoms with Crippen LogP contribution in [0.5, 0.6) is 0 Å². The van der Waals surface area contributed by atoms with Gasteiger partial charge in [0.2, 0.25) is 0 Å². The molecule has 5 heavy (non-hydrogen) atoms. The normalized spacial score (nSPS) is 16.0. The van der Waals surface area contributed by atoms with Crippen molar-refractivity contribution < 1.29 is 11.6 Å². The molecule has 0 fully saturated rings. The minimum Gasteiger partial charge on any atom is -0.325 e. The molecule has 0 radical (unpaired) electrons. The molecule has 0 aromatic heterocycles. The largest absolute Gasteiger partial charge is 0.325 e. The highest BCUT2D eigenvalue weighted by Gasteiger charge is 1.91. The quantitative estimate of drug-likeness (QED) is 0.507. The van der Waals surface area contributed by atoms with Crippen molar-refractivity contribution in [1.82, 2.24) is 0 Å². The summed E-state index contributed by atoms with van der Waals surface area (Å²) in [7, 11) is 0. The molecule has 2 N–H and O–H groups in total. The molecule has 0 aliphatic heterocycles. The van der Waals surface area contributed by atoms with E-state index in [2.05, 4.69) is 0 Å². The van der Waals surface area contributed by atoms with E-state index in [1.165, 1.54) is 0 Å². The third-order valence-corrected chi connectivity index (χ3v) is 0.138. The van der Waals surface area contributed by atoms with Gasteiger partial charge in [-0.15, -0.1) is 0 Å². The Balaban J connectivity index is 2.95. The molecule has 0 rings (SSSR count). The molecule has 0 bridgehead atoms. The molecule has 32 valence electrons. The lowest BCUT2D eigenvalue weighted by molar-refractivity contribution is 0.158. The minimum atomic E-state index is -2.57. The highest BCUT2D eigenvalue weighted by Crippen LogP contribution is 1.82. The van der Waals surface area contributed by atoms with Crippen LogP contribution in [0.1, 0.15) is 0 Å².